The Morgan fingerprint density at radius 2 is 1.64 bits per heavy atom. The average Bonchev–Trinajstić information content (AvgIpc) is 3.04. The van der Waals surface area contributed by atoms with Gasteiger partial charge in [0.25, 0.3) is 5.91 Å². The lowest BCUT2D eigenvalue weighted by atomic mass is 10.1. The second-order valence-electron chi connectivity index (χ2n) is 7.25. The van der Waals surface area contributed by atoms with Gasteiger partial charge >= 0.3 is 0 Å². The molecule has 7 heteroatoms. The lowest BCUT2D eigenvalue weighted by Crippen LogP contribution is -2.20. The van der Waals surface area contributed by atoms with Crippen LogP contribution in [0.2, 0.25) is 5.02 Å². The molecule has 4 rings (SSSR count). The van der Waals surface area contributed by atoms with Crippen LogP contribution in [0.25, 0.3) is 6.08 Å². The number of ether oxygens (including phenoxy) is 2. The molecule has 0 atom stereocenters. The molecule has 0 heterocycles. The molecule has 0 aliphatic heterocycles. The number of amides is 1. The Balaban J connectivity index is 1.50. The number of hydrogen-bond acceptors (Lipinski definition) is 5. The summed E-state index contributed by atoms with van der Waals surface area (Å²) in [6, 6.07) is 18.6. The van der Waals surface area contributed by atoms with E-state index in [1.165, 1.54) is 0 Å². The van der Waals surface area contributed by atoms with Gasteiger partial charge in [0.2, 0.25) is 0 Å². The highest BCUT2D eigenvalue weighted by Crippen LogP contribution is 2.32. The first kappa shape index (κ1) is 22.3. The molecule has 1 N–H and O–H groups in total. The minimum Gasteiger partial charge on any atom is -0.490 e. The number of rotatable bonds is 7. The maximum absolute atomic E-state index is 12.6. The molecule has 3 aromatic carbocycles. The Labute approximate surface area is 195 Å². The number of ketones is 2. The van der Waals surface area contributed by atoms with Crippen molar-refractivity contribution in [2.45, 2.75) is 6.92 Å². The first-order chi connectivity index (χ1) is 16.0. The molecule has 1 aliphatic rings. The van der Waals surface area contributed by atoms with Crippen molar-refractivity contribution in [2.24, 2.45) is 0 Å². The number of fused-ring (bicyclic) bond motifs is 1. The van der Waals surface area contributed by atoms with E-state index in [4.69, 9.17) is 21.1 Å². The summed E-state index contributed by atoms with van der Waals surface area (Å²) in [6.07, 6.45) is 1.54. The molecule has 0 saturated heterocycles. The SMILES string of the molecule is CCOc1cc(C=C2C(=O)c3ccccc3C2=O)ccc1OCC(=O)Nc1cccc(Cl)c1. The standard InChI is InChI=1S/C26H20ClNO5/c1-2-32-23-13-16(12-21-25(30)19-8-3-4-9-20(19)26(21)31)10-11-22(23)33-15-24(29)28-18-7-5-6-17(27)14-18/h3-14H,2,15H2,1H3,(H,28,29). The monoisotopic (exact) mass is 461 g/mol. The number of halogens is 1. The van der Waals surface area contributed by atoms with E-state index in [1.807, 2.05) is 6.92 Å². The second kappa shape index (κ2) is 9.71. The van der Waals surface area contributed by atoms with Crippen molar-refractivity contribution in [2.75, 3.05) is 18.5 Å². The van der Waals surface area contributed by atoms with Gasteiger partial charge in [-0.3, -0.25) is 14.4 Å². The van der Waals surface area contributed by atoms with Gasteiger partial charge in [-0.25, -0.2) is 0 Å². The van der Waals surface area contributed by atoms with Crippen molar-refractivity contribution in [3.8, 4) is 11.5 Å². The lowest BCUT2D eigenvalue weighted by molar-refractivity contribution is -0.118. The fraction of sp³-hybridized carbons (Fsp3) is 0.115. The number of benzene rings is 3. The highest BCUT2D eigenvalue weighted by Gasteiger charge is 2.32. The fourth-order valence-electron chi connectivity index (χ4n) is 3.48. The van der Waals surface area contributed by atoms with Crippen LogP contribution in [-0.4, -0.2) is 30.7 Å². The van der Waals surface area contributed by atoms with Gasteiger partial charge in [-0.05, 0) is 48.9 Å². The van der Waals surface area contributed by atoms with E-state index in [2.05, 4.69) is 5.32 Å². The zero-order valence-electron chi connectivity index (χ0n) is 17.8. The molecule has 0 spiro atoms. The molecule has 166 valence electrons. The van der Waals surface area contributed by atoms with Gasteiger partial charge in [0.05, 0.1) is 12.2 Å². The zero-order chi connectivity index (χ0) is 23.4. The highest BCUT2D eigenvalue weighted by molar-refractivity contribution is 6.41. The zero-order valence-corrected chi connectivity index (χ0v) is 18.5. The summed E-state index contributed by atoms with van der Waals surface area (Å²) < 4.78 is 11.3. The molecule has 3 aromatic rings. The number of hydrogen-bond donors (Lipinski definition) is 1. The van der Waals surface area contributed by atoms with Crippen LogP contribution in [0.1, 0.15) is 33.2 Å². The number of allylic oxidation sites excluding steroid dienone is 1. The smallest absolute Gasteiger partial charge is 0.262 e. The van der Waals surface area contributed by atoms with Gasteiger partial charge in [0.15, 0.2) is 29.7 Å². The van der Waals surface area contributed by atoms with E-state index < -0.39 is 0 Å². The summed E-state index contributed by atoms with van der Waals surface area (Å²) in [5.74, 6) is -0.186. The van der Waals surface area contributed by atoms with E-state index >= 15 is 0 Å². The topological polar surface area (TPSA) is 81.7 Å². The maximum atomic E-state index is 12.6. The summed E-state index contributed by atoms with van der Waals surface area (Å²) in [5, 5.41) is 3.22. The van der Waals surface area contributed by atoms with Crippen LogP contribution in [-0.2, 0) is 4.79 Å². The van der Waals surface area contributed by atoms with Crippen molar-refractivity contribution in [1.82, 2.24) is 0 Å². The molecule has 0 aromatic heterocycles. The molecular formula is C26H20ClNO5. The second-order valence-corrected chi connectivity index (χ2v) is 7.68. The van der Waals surface area contributed by atoms with E-state index in [9.17, 15) is 14.4 Å². The molecule has 0 bridgehead atoms. The molecule has 0 radical (unpaired) electrons. The number of Topliss-reactive ketones (excluding diaryl/α,β-unsaturated/α-hetero) is 2. The van der Waals surface area contributed by atoms with Crippen LogP contribution in [0.15, 0.2) is 72.3 Å². The minimum absolute atomic E-state index is 0.105. The Morgan fingerprint density at radius 1 is 0.909 bits per heavy atom. The van der Waals surface area contributed by atoms with Gasteiger partial charge in [-0.2, -0.15) is 0 Å². The summed E-state index contributed by atoms with van der Waals surface area (Å²) in [6.45, 7) is 1.95. The van der Waals surface area contributed by atoms with Gasteiger partial charge in [0, 0.05) is 21.8 Å². The van der Waals surface area contributed by atoms with Gasteiger partial charge in [-0.15, -0.1) is 0 Å². The maximum Gasteiger partial charge on any atom is 0.262 e. The molecular weight excluding hydrogens is 442 g/mol. The van der Waals surface area contributed by atoms with Crippen LogP contribution >= 0.6 is 11.6 Å². The van der Waals surface area contributed by atoms with Crippen molar-refractivity contribution in [1.29, 1.82) is 0 Å². The van der Waals surface area contributed by atoms with Crippen molar-refractivity contribution < 1.29 is 23.9 Å². The van der Waals surface area contributed by atoms with Crippen LogP contribution in [0.3, 0.4) is 0 Å². The number of carbonyl (C=O) groups is 3. The summed E-state index contributed by atoms with van der Waals surface area (Å²) in [7, 11) is 0. The quantitative estimate of drug-likeness (QED) is 0.385. The Hall–Kier alpha value is -3.90. The van der Waals surface area contributed by atoms with Crippen molar-refractivity contribution in [3.63, 3.8) is 0 Å². The third kappa shape index (κ3) is 4.96. The number of carbonyl (C=O) groups excluding carboxylic acids is 3. The third-order valence-electron chi connectivity index (χ3n) is 4.95. The van der Waals surface area contributed by atoms with Crippen LogP contribution < -0.4 is 14.8 Å². The van der Waals surface area contributed by atoms with E-state index in [0.717, 1.165) is 0 Å². The Kier molecular flexibility index (Phi) is 6.56. The van der Waals surface area contributed by atoms with E-state index in [0.29, 0.717) is 45.5 Å². The normalized spacial score (nSPS) is 12.4. The van der Waals surface area contributed by atoms with Gasteiger partial charge in [0.1, 0.15) is 0 Å². The summed E-state index contributed by atoms with van der Waals surface area (Å²) in [5.41, 5.74) is 2.09. The Bertz CT molecular complexity index is 1240. The molecule has 0 saturated carbocycles. The van der Waals surface area contributed by atoms with Crippen molar-refractivity contribution >= 4 is 40.8 Å². The first-order valence-electron chi connectivity index (χ1n) is 10.3. The van der Waals surface area contributed by atoms with Crippen LogP contribution in [0.4, 0.5) is 5.69 Å². The van der Waals surface area contributed by atoms with Crippen LogP contribution in [0, 0.1) is 0 Å². The number of nitrogens with one attached hydrogen (secondary N) is 1. The molecule has 1 aliphatic carbocycles. The van der Waals surface area contributed by atoms with Crippen molar-refractivity contribution in [3.05, 3.63) is 94.0 Å². The average molecular weight is 462 g/mol. The number of anilines is 1. The molecule has 6 nitrogen and oxygen atoms in total. The minimum atomic E-state index is -0.356. The molecule has 0 fully saturated rings. The fourth-order valence-corrected chi connectivity index (χ4v) is 3.67. The highest BCUT2D eigenvalue weighted by atomic mass is 35.5. The summed E-state index contributed by atoms with van der Waals surface area (Å²) >= 11 is 5.93. The largest absolute Gasteiger partial charge is 0.490 e. The third-order valence-corrected chi connectivity index (χ3v) is 5.19. The molecule has 0 unspecified atom stereocenters. The Morgan fingerprint density at radius 3 is 2.30 bits per heavy atom. The van der Waals surface area contributed by atoms with Gasteiger partial charge in [-0.1, -0.05) is 48.0 Å². The van der Waals surface area contributed by atoms with E-state index in [1.54, 1.807) is 72.8 Å². The molecule has 1 amide bonds. The lowest BCUT2D eigenvalue weighted by Gasteiger charge is -2.13. The molecule has 33 heavy (non-hydrogen) atoms. The van der Waals surface area contributed by atoms with E-state index in [-0.39, 0.29) is 29.7 Å². The van der Waals surface area contributed by atoms with Crippen LogP contribution in [0.5, 0.6) is 11.5 Å². The predicted octanol–water partition coefficient (Wildman–Crippen LogP) is 5.22. The van der Waals surface area contributed by atoms with Gasteiger partial charge < -0.3 is 14.8 Å². The summed E-state index contributed by atoms with van der Waals surface area (Å²) in [4.78, 5) is 37.5. The first-order valence-corrected chi connectivity index (χ1v) is 10.7. The predicted molar refractivity (Wildman–Crippen MR) is 126 cm³/mol.